The van der Waals surface area contributed by atoms with Crippen molar-refractivity contribution in [2.75, 3.05) is 0 Å². The van der Waals surface area contributed by atoms with E-state index in [0.717, 1.165) is 22.6 Å². The topological polar surface area (TPSA) is 60.2 Å². The van der Waals surface area contributed by atoms with E-state index >= 15 is 0 Å². The zero-order valence-corrected chi connectivity index (χ0v) is 13.0. The summed E-state index contributed by atoms with van der Waals surface area (Å²) in [5.41, 5.74) is 2.66. The summed E-state index contributed by atoms with van der Waals surface area (Å²) >= 11 is 0. The lowest BCUT2D eigenvalue weighted by molar-refractivity contribution is -0.130. The van der Waals surface area contributed by atoms with Crippen LogP contribution >= 0.6 is 0 Å². The van der Waals surface area contributed by atoms with E-state index in [0.29, 0.717) is 24.1 Å². The van der Waals surface area contributed by atoms with Crippen LogP contribution in [0.2, 0.25) is 0 Å². The molecule has 0 saturated heterocycles. The lowest BCUT2D eigenvalue weighted by atomic mass is 9.83. The molecule has 0 aliphatic heterocycles. The zero-order chi connectivity index (χ0) is 16.0. The normalized spacial score (nSPS) is 18.9. The van der Waals surface area contributed by atoms with E-state index in [1.807, 2.05) is 12.1 Å². The summed E-state index contributed by atoms with van der Waals surface area (Å²) in [4.78, 5) is 23.8. The molecule has 1 saturated carbocycles. The van der Waals surface area contributed by atoms with Crippen LogP contribution in [-0.2, 0) is 16.0 Å². The fraction of sp³-hybridized carbons (Fsp3) is 0.316. The van der Waals surface area contributed by atoms with Crippen LogP contribution in [0.4, 0.5) is 0 Å². The van der Waals surface area contributed by atoms with E-state index in [1.54, 1.807) is 0 Å². The van der Waals surface area contributed by atoms with Gasteiger partial charge in [0, 0.05) is 6.42 Å². The predicted octanol–water partition coefficient (Wildman–Crippen LogP) is 3.95. The van der Waals surface area contributed by atoms with Gasteiger partial charge in [0.2, 0.25) is 0 Å². The molecule has 4 nitrogen and oxygen atoms in total. The number of carbonyl (C=O) groups excluding carboxylic acids is 2. The minimum atomic E-state index is -0.328. The Kier molecular flexibility index (Phi) is 3.26. The molecule has 1 aliphatic carbocycles. The van der Waals surface area contributed by atoms with E-state index < -0.39 is 0 Å². The molecule has 3 aromatic rings. The van der Waals surface area contributed by atoms with E-state index in [4.69, 9.17) is 4.52 Å². The Balaban J connectivity index is 1.92. The summed E-state index contributed by atoms with van der Waals surface area (Å²) in [5.74, 6) is -0.347. The molecule has 0 amide bonds. The van der Waals surface area contributed by atoms with Gasteiger partial charge >= 0.3 is 0 Å². The number of fused-ring (bicyclic) bond motifs is 3. The maximum Gasteiger partial charge on any atom is 0.167 e. The van der Waals surface area contributed by atoms with Gasteiger partial charge in [0.25, 0.3) is 0 Å². The van der Waals surface area contributed by atoms with Crippen molar-refractivity contribution < 1.29 is 14.1 Å². The van der Waals surface area contributed by atoms with E-state index in [1.165, 1.54) is 5.56 Å². The van der Waals surface area contributed by atoms with Crippen LogP contribution in [0.3, 0.4) is 0 Å². The van der Waals surface area contributed by atoms with E-state index in [2.05, 4.69) is 30.3 Å². The molecule has 1 aromatic heterocycles. The number of nitrogens with zero attached hydrogens (tertiary/aromatic N) is 1. The zero-order valence-electron chi connectivity index (χ0n) is 13.0. The fourth-order valence-corrected chi connectivity index (χ4v) is 3.46. The highest BCUT2D eigenvalue weighted by Crippen LogP contribution is 2.36. The number of rotatable bonds is 2. The first-order valence-electron chi connectivity index (χ1n) is 8.02. The van der Waals surface area contributed by atoms with Crippen LogP contribution in [0.1, 0.15) is 43.4 Å². The third-order valence-corrected chi connectivity index (χ3v) is 4.75. The Bertz CT molecular complexity index is 938. The van der Waals surface area contributed by atoms with Gasteiger partial charge in [0.1, 0.15) is 17.3 Å². The number of aromatic nitrogens is 1. The Morgan fingerprint density at radius 2 is 2.09 bits per heavy atom. The van der Waals surface area contributed by atoms with Crippen molar-refractivity contribution >= 4 is 33.3 Å². The number of Topliss-reactive ketones (excluding diaryl/α,β-unsaturated/α-hetero) is 2. The standard InChI is InChI=1S/C19H17NO3/c1-2-11-3-6-14-12(9-11)4-8-17-18(14)19(20-23-17)15-7-5-13(21)10-16(15)22/h3-4,6,8-9,15H,2,5,7,10H2,1H3. The first-order valence-corrected chi connectivity index (χ1v) is 8.02. The molecule has 0 spiro atoms. The summed E-state index contributed by atoms with van der Waals surface area (Å²) in [6.07, 6.45) is 1.97. The molecule has 1 fully saturated rings. The molecule has 4 rings (SSSR count). The van der Waals surface area contributed by atoms with Gasteiger partial charge in [-0.15, -0.1) is 0 Å². The molecule has 1 heterocycles. The molecule has 23 heavy (non-hydrogen) atoms. The third-order valence-electron chi connectivity index (χ3n) is 4.75. The van der Waals surface area contributed by atoms with Gasteiger partial charge in [-0.1, -0.05) is 36.3 Å². The van der Waals surface area contributed by atoms with Gasteiger partial charge in [-0.25, -0.2) is 0 Å². The molecular formula is C19H17NO3. The van der Waals surface area contributed by atoms with Gasteiger partial charge in [-0.2, -0.15) is 0 Å². The van der Waals surface area contributed by atoms with Crippen LogP contribution in [0.5, 0.6) is 0 Å². The van der Waals surface area contributed by atoms with Gasteiger partial charge in [0.05, 0.1) is 17.7 Å². The SMILES string of the molecule is CCc1ccc2c(ccc3onc(C4CCC(=O)CC4=O)c32)c1. The van der Waals surface area contributed by atoms with Crippen LogP contribution in [0, 0.1) is 0 Å². The molecule has 0 N–H and O–H groups in total. The number of benzene rings is 2. The quantitative estimate of drug-likeness (QED) is 0.673. The van der Waals surface area contributed by atoms with Crippen LogP contribution in [0.15, 0.2) is 34.9 Å². The van der Waals surface area contributed by atoms with Crippen molar-refractivity contribution in [3.63, 3.8) is 0 Å². The summed E-state index contributed by atoms with van der Waals surface area (Å²) < 4.78 is 5.45. The number of carbonyl (C=O) groups is 2. The molecule has 0 bridgehead atoms. The van der Waals surface area contributed by atoms with Crippen LogP contribution < -0.4 is 0 Å². The Morgan fingerprint density at radius 3 is 2.87 bits per heavy atom. The Morgan fingerprint density at radius 1 is 1.22 bits per heavy atom. The highest BCUT2D eigenvalue weighted by atomic mass is 16.5. The molecule has 1 aliphatic rings. The highest BCUT2D eigenvalue weighted by Gasteiger charge is 2.32. The molecule has 1 unspecified atom stereocenters. The average Bonchev–Trinajstić information content (AvgIpc) is 2.98. The maximum atomic E-state index is 12.3. The van der Waals surface area contributed by atoms with Crippen LogP contribution in [-0.4, -0.2) is 16.7 Å². The van der Waals surface area contributed by atoms with Gasteiger partial charge < -0.3 is 4.52 Å². The van der Waals surface area contributed by atoms with Crippen molar-refractivity contribution in [2.24, 2.45) is 0 Å². The summed E-state index contributed by atoms with van der Waals surface area (Å²) in [7, 11) is 0. The molecule has 2 aromatic carbocycles. The summed E-state index contributed by atoms with van der Waals surface area (Å²) in [6, 6.07) is 10.3. The number of ketones is 2. The van der Waals surface area contributed by atoms with Crippen molar-refractivity contribution in [1.29, 1.82) is 0 Å². The number of aryl methyl sites for hydroxylation is 1. The Labute approximate surface area is 133 Å². The van der Waals surface area contributed by atoms with Gasteiger partial charge in [-0.3, -0.25) is 9.59 Å². The lowest BCUT2D eigenvalue weighted by Gasteiger charge is -2.18. The second kappa shape index (κ2) is 5.30. The third kappa shape index (κ3) is 2.25. The monoisotopic (exact) mass is 307 g/mol. The van der Waals surface area contributed by atoms with Crippen molar-refractivity contribution in [1.82, 2.24) is 5.16 Å². The average molecular weight is 307 g/mol. The minimum Gasteiger partial charge on any atom is -0.356 e. The first-order chi connectivity index (χ1) is 11.2. The van der Waals surface area contributed by atoms with Gasteiger partial charge in [0.15, 0.2) is 5.58 Å². The van der Waals surface area contributed by atoms with E-state index in [9.17, 15) is 9.59 Å². The summed E-state index contributed by atoms with van der Waals surface area (Å²) in [6.45, 7) is 2.13. The summed E-state index contributed by atoms with van der Waals surface area (Å²) in [5, 5.41) is 7.28. The predicted molar refractivity (Wildman–Crippen MR) is 87.5 cm³/mol. The van der Waals surface area contributed by atoms with Crippen molar-refractivity contribution in [2.45, 2.75) is 38.5 Å². The lowest BCUT2D eigenvalue weighted by Crippen LogP contribution is -2.23. The van der Waals surface area contributed by atoms with Crippen LogP contribution in [0.25, 0.3) is 21.7 Å². The number of hydrogen-bond donors (Lipinski definition) is 0. The van der Waals surface area contributed by atoms with Crippen molar-refractivity contribution in [3.05, 3.63) is 41.6 Å². The second-order valence-corrected chi connectivity index (χ2v) is 6.19. The van der Waals surface area contributed by atoms with Crippen molar-refractivity contribution in [3.8, 4) is 0 Å². The molecule has 1 atom stereocenters. The fourth-order valence-electron chi connectivity index (χ4n) is 3.46. The molecule has 116 valence electrons. The van der Waals surface area contributed by atoms with E-state index in [-0.39, 0.29) is 23.9 Å². The molecule has 0 radical (unpaired) electrons. The Hall–Kier alpha value is -2.49. The molecule has 4 heteroatoms. The largest absolute Gasteiger partial charge is 0.356 e. The highest BCUT2D eigenvalue weighted by molar-refractivity contribution is 6.11. The minimum absolute atomic E-state index is 0.0176. The number of hydrogen-bond acceptors (Lipinski definition) is 4. The first kappa shape index (κ1) is 14.1. The molecular weight excluding hydrogens is 290 g/mol. The maximum absolute atomic E-state index is 12.3. The van der Waals surface area contributed by atoms with Gasteiger partial charge in [-0.05, 0) is 35.2 Å². The second-order valence-electron chi connectivity index (χ2n) is 6.19. The smallest absolute Gasteiger partial charge is 0.167 e.